The summed E-state index contributed by atoms with van der Waals surface area (Å²) in [5.41, 5.74) is 0.890. The number of esters is 1. The van der Waals surface area contributed by atoms with Gasteiger partial charge in [-0.05, 0) is 19.1 Å². The number of carbonyl (C=O) groups excluding carboxylic acids is 2. The van der Waals surface area contributed by atoms with Gasteiger partial charge in [-0.15, -0.1) is 0 Å². The summed E-state index contributed by atoms with van der Waals surface area (Å²) in [6, 6.07) is 6.51. The van der Waals surface area contributed by atoms with Gasteiger partial charge in [0.15, 0.2) is 5.78 Å². The van der Waals surface area contributed by atoms with Crippen molar-refractivity contribution in [2.75, 3.05) is 13.2 Å². The number of epoxide rings is 1. The van der Waals surface area contributed by atoms with Crippen molar-refractivity contribution in [2.24, 2.45) is 0 Å². The summed E-state index contributed by atoms with van der Waals surface area (Å²) in [6.45, 7) is 2.54. The van der Waals surface area contributed by atoms with Crippen LogP contribution in [0.1, 0.15) is 27.6 Å². The summed E-state index contributed by atoms with van der Waals surface area (Å²) in [7, 11) is 0. The average molecular weight is 220 g/mol. The molecule has 0 aromatic heterocycles. The van der Waals surface area contributed by atoms with Gasteiger partial charge in [0.2, 0.25) is 0 Å². The maximum atomic E-state index is 11.7. The first-order valence-corrected chi connectivity index (χ1v) is 5.15. The lowest BCUT2D eigenvalue weighted by atomic mass is 10.1. The fourth-order valence-corrected chi connectivity index (χ4v) is 1.40. The summed E-state index contributed by atoms with van der Waals surface area (Å²) in [4.78, 5) is 23.1. The third-order valence-corrected chi connectivity index (χ3v) is 2.28. The lowest BCUT2D eigenvalue weighted by Crippen LogP contribution is -2.10. The zero-order chi connectivity index (χ0) is 11.5. The second-order valence-corrected chi connectivity index (χ2v) is 3.49. The molecule has 1 aromatic carbocycles. The van der Waals surface area contributed by atoms with E-state index in [0.29, 0.717) is 24.3 Å². The number of hydrogen-bond donors (Lipinski definition) is 0. The van der Waals surface area contributed by atoms with E-state index in [9.17, 15) is 9.59 Å². The Morgan fingerprint density at radius 2 is 2.12 bits per heavy atom. The standard InChI is InChI=1S/C12H12O4/c1-2-15-12(14)9-5-3-4-8(6-9)11(13)10-7-16-10/h3-6,10H,2,7H2,1H3. The summed E-state index contributed by atoms with van der Waals surface area (Å²) in [6.07, 6.45) is -0.322. The van der Waals surface area contributed by atoms with Gasteiger partial charge in [-0.3, -0.25) is 4.79 Å². The first kappa shape index (κ1) is 10.8. The number of benzene rings is 1. The molecule has 0 bridgehead atoms. The van der Waals surface area contributed by atoms with Crippen LogP contribution in [0.3, 0.4) is 0 Å². The summed E-state index contributed by atoms with van der Waals surface area (Å²) in [5.74, 6) is -0.486. The molecule has 1 fully saturated rings. The molecule has 4 nitrogen and oxygen atoms in total. The van der Waals surface area contributed by atoms with Crippen molar-refractivity contribution >= 4 is 11.8 Å². The number of rotatable bonds is 4. The molecule has 84 valence electrons. The fraction of sp³-hybridized carbons (Fsp3) is 0.333. The smallest absolute Gasteiger partial charge is 0.338 e. The molecule has 0 spiro atoms. The highest BCUT2D eigenvalue weighted by Gasteiger charge is 2.32. The third-order valence-electron chi connectivity index (χ3n) is 2.28. The first-order valence-electron chi connectivity index (χ1n) is 5.15. The molecule has 1 aromatic rings. The highest BCUT2D eigenvalue weighted by Crippen LogP contribution is 2.17. The highest BCUT2D eigenvalue weighted by atomic mass is 16.6. The van der Waals surface area contributed by atoms with Gasteiger partial charge in [0.25, 0.3) is 0 Å². The molecule has 1 aliphatic rings. The molecule has 2 rings (SSSR count). The molecule has 0 saturated carbocycles. The molecule has 1 unspecified atom stereocenters. The predicted molar refractivity (Wildman–Crippen MR) is 56.5 cm³/mol. The van der Waals surface area contributed by atoms with E-state index in [4.69, 9.17) is 9.47 Å². The zero-order valence-electron chi connectivity index (χ0n) is 8.93. The van der Waals surface area contributed by atoms with Crippen LogP contribution in [0.25, 0.3) is 0 Å². The van der Waals surface area contributed by atoms with Crippen LogP contribution in [-0.4, -0.2) is 31.1 Å². The van der Waals surface area contributed by atoms with Crippen LogP contribution in [0.2, 0.25) is 0 Å². The minimum atomic E-state index is -0.408. The Morgan fingerprint density at radius 1 is 1.44 bits per heavy atom. The quantitative estimate of drug-likeness (QED) is 0.437. The largest absolute Gasteiger partial charge is 0.462 e. The number of carbonyl (C=O) groups is 2. The van der Waals surface area contributed by atoms with Gasteiger partial charge in [0, 0.05) is 5.56 Å². The Hall–Kier alpha value is -1.68. The van der Waals surface area contributed by atoms with Crippen molar-refractivity contribution in [2.45, 2.75) is 13.0 Å². The highest BCUT2D eigenvalue weighted by molar-refractivity contribution is 6.02. The van der Waals surface area contributed by atoms with Gasteiger partial charge in [-0.1, -0.05) is 12.1 Å². The number of ketones is 1. The van der Waals surface area contributed by atoms with Gasteiger partial charge in [-0.2, -0.15) is 0 Å². The Labute approximate surface area is 93.2 Å². The predicted octanol–water partition coefficient (Wildman–Crippen LogP) is 1.44. The van der Waals surface area contributed by atoms with Gasteiger partial charge in [0.1, 0.15) is 6.10 Å². The molecule has 1 aliphatic heterocycles. The van der Waals surface area contributed by atoms with Crippen LogP contribution in [0.15, 0.2) is 24.3 Å². The summed E-state index contributed by atoms with van der Waals surface area (Å²) >= 11 is 0. The molecule has 0 radical (unpaired) electrons. The van der Waals surface area contributed by atoms with E-state index in [1.165, 1.54) is 0 Å². The van der Waals surface area contributed by atoms with Crippen molar-refractivity contribution in [1.82, 2.24) is 0 Å². The van der Waals surface area contributed by atoms with E-state index in [0.717, 1.165) is 0 Å². The van der Waals surface area contributed by atoms with Gasteiger partial charge < -0.3 is 9.47 Å². The van der Waals surface area contributed by atoms with Crippen molar-refractivity contribution in [1.29, 1.82) is 0 Å². The minimum absolute atomic E-state index is 0.0776. The topological polar surface area (TPSA) is 55.9 Å². The van der Waals surface area contributed by atoms with E-state index in [1.54, 1.807) is 31.2 Å². The second-order valence-electron chi connectivity index (χ2n) is 3.49. The molecule has 0 amide bonds. The SMILES string of the molecule is CCOC(=O)c1cccc(C(=O)C2CO2)c1. The van der Waals surface area contributed by atoms with E-state index in [2.05, 4.69) is 0 Å². The van der Waals surface area contributed by atoms with Crippen molar-refractivity contribution < 1.29 is 19.1 Å². The molecule has 0 aliphatic carbocycles. The van der Waals surface area contributed by atoms with Crippen molar-refractivity contribution in [3.05, 3.63) is 35.4 Å². The number of hydrogen-bond acceptors (Lipinski definition) is 4. The van der Waals surface area contributed by atoms with Crippen molar-refractivity contribution in [3.8, 4) is 0 Å². The van der Waals surface area contributed by atoms with Crippen LogP contribution in [0, 0.1) is 0 Å². The molecule has 0 N–H and O–H groups in total. The van der Waals surface area contributed by atoms with E-state index >= 15 is 0 Å². The molecule has 16 heavy (non-hydrogen) atoms. The monoisotopic (exact) mass is 220 g/mol. The first-order chi connectivity index (χ1) is 7.72. The third kappa shape index (κ3) is 2.28. The Morgan fingerprint density at radius 3 is 2.75 bits per heavy atom. The number of ether oxygens (including phenoxy) is 2. The van der Waals surface area contributed by atoms with Crippen LogP contribution >= 0.6 is 0 Å². The zero-order valence-corrected chi connectivity index (χ0v) is 8.93. The average Bonchev–Trinajstić information content (AvgIpc) is 3.12. The Bertz CT molecular complexity index is 421. The van der Waals surface area contributed by atoms with E-state index in [-0.39, 0.29) is 11.9 Å². The Kier molecular flexibility index (Phi) is 3.01. The van der Waals surface area contributed by atoms with Crippen LogP contribution in [-0.2, 0) is 9.47 Å². The molecule has 4 heteroatoms. The van der Waals surface area contributed by atoms with Crippen LogP contribution in [0.4, 0.5) is 0 Å². The molecule has 1 heterocycles. The van der Waals surface area contributed by atoms with Crippen LogP contribution in [0.5, 0.6) is 0 Å². The normalized spacial score (nSPS) is 17.9. The fourth-order valence-electron chi connectivity index (χ4n) is 1.40. The maximum absolute atomic E-state index is 11.7. The van der Waals surface area contributed by atoms with E-state index in [1.807, 2.05) is 0 Å². The molecular formula is C12H12O4. The number of Topliss-reactive ketones (excluding diaryl/α,β-unsaturated/α-hetero) is 1. The van der Waals surface area contributed by atoms with Crippen LogP contribution < -0.4 is 0 Å². The van der Waals surface area contributed by atoms with Gasteiger partial charge >= 0.3 is 5.97 Å². The molecule has 1 atom stereocenters. The minimum Gasteiger partial charge on any atom is -0.462 e. The van der Waals surface area contributed by atoms with Crippen molar-refractivity contribution in [3.63, 3.8) is 0 Å². The Balaban J connectivity index is 2.18. The second kappa shape index (κ2) is 4.45. The van der Waals surface area contributed by atoms with Gasteiger partial charge in [0.05, 0.1) is 18.8 Å². The summed E-state index contributed by atoms with van der Waals surface area (Å²) < 4.78 is 9.76. The molecular weight excluding hydrogens is 208 g/mol. The lowest BCUT2D eigenvalue weighted by molar-refractivity contribution is 0.0526. The molecule has 1 saturated heterocycles. The lowest BCUT2D eigenvalue weighted by Gasteiger charge is -2.03. The maximum Gasteiger partial charge on any atom is 0.338 e. The summed E-state index contributed by atoms with van der Waals surface area (Å²) in [5, 5.41) is 0. The van der Waals surface area contributed by atoms with E-state index < -0.39 is 5.97 Å². The van der Waals surface area contributed by atoms with Gasteiger partial charge in [-0.25, -0.2) is 4.79 Å².